The standard InChI is InChI=1S/C19H22N2O3/c1-12-5-4-6-16(13(12)2)20-14(3)19(22)21-15-7-8-17-18(11-15)24-10-9-23-17/h4-8,11,14,20H,9-10H2,1-3H3,(H,21,22). The average Bonchev–Trinajstić information content (AvgIpc) is 2.58. The molecule has 1 unspecified atom stereocenters. The first kappa shape index (κ1) is 16.2. The van der Waals surface area contributed by atoms with E-state index < -0.39 is 0 Å². The molecular formula is C19H22N2O3. The third-order valence-corrected chi connectivity index (χ3v) is 4.18. The van der Waals surface area contributed by atoms with E-state index in [0.717, 1.165) is 11.3 Å². The van der Waals surface area contributed by atoms with Crippen LogP contribution < -0.4 is 20.1 Å². The molecule has 1 amide bonds. The Morgan fingerprint density at radius 3 is 2.62 bits per heavy atom. The van der Waals surface area contributed by atoms with Gasteiger partial charge in [-0.15, -0.1) is 0 Å². The van der Waals surface area contributed by atoms with Crippen LogP contribution in [0, 0.1) is 13.8 Å². The summed E-state index contributed by atoms with van der Waals surface area (Å²) in [6, 6.07) is 11.1. The van der Waals surface area contributed by atoms with E-state index in [-0.39, 0.29) is 11.9 Å². The van der Waals surface area contributed by atoms with Gasteiger partial charge in [-0.05, 0) is 50.1 Å². The number of rotatable bonds is 4. The average molecular weight is 326 g/mol. The van der Waals surface area contributed by atoms with Crippen molar-refractivity contribution < 1.29 is 14.3 Å². The number of ether oxygens (including phenoxy) is 2. The molecule has 0 bridgehead atoms. The highest BCUT2D eigenvalue weighted by Gasteiger charge is 2.16. The van der Waals surface area contributed by atoms with Crippen LogP contribution in [-0.2, 0) is 4.79 Å². The topological polar surface area (TPSA) is 59.6 Å². The molecule has 2 aromatic rings. The highest BCUT2D eigenvalue weighted by atomic mass is 16.6. The third-order valence-electron chi connectivity index (χ3n) is 4.18. The molecule has 0 aromatic heterocycles. The second kappa shape index (κ2) is 6.83. The van der Waals surface area contributed by atoms with Crippen molar-refractivity contribution in [3.63, 3.8) is 0 Å². The molecule has 0 saturated carbocycles. The Morgan fingerprint density at radius 1 is 1.08 bits per heavy atom. The summed E-state index contributed by atoms with van der Waals surface area (Å²) < 4.78 is 11.0. The minimum Gasteiger partial charge on any atom is -0.486 e. The molecule has 0 saturated heterocycles. The molecule has 0 radical (unpaired) electrons. The van der Waals surface area contributed by atoms with Gasteiger partial charge in [-0.25, -0.2) is 0 Å². The SMILES string of the molecule is Cc1cccc(NC(C)C(=O)Nc2ccc3c(c2)OCCO3)c1C. The van der Waals surface area contributed by atoms with E-state index in [0.29, 0.717) is 30.4 Å². The molecule has 1 aliphatic heterocycles. The number of hydrogen-bond acceptors (Lipinski definition) is 4. The minimum atomic E-state index is -0.362. The minimum absolute atomic E-state index is 0.104. The zero-order chi connectivity index (χ0) is 17.1. The number of amides is 1. The molecule has 1 atom stereocenters. The molecule has 2 N–H and O–H groups in total. The number of nitrogens with one attached hydrogen (secondary N) is 2. The lowest BCUT2D eigenvalue weighted by molar-refractivity contribution is -0.116. The first-order valence-electron chi connectivity index (χ1n) is 8.08. The highest BCUT2D eigenvalue weighted by molar-refractivity contribution is 5.96. The number of carbonyl (C=O) groups excluding carboxylic acids is 1. The summed E-state index contributed by atoms with van der Waals surface area (Å²) in [5, 5.41) is 6.17. The molecule has 2 aromatic carbocycles. The lowest BCUT2D eigenvalue weighted by Crippen LogP contribution is -2.32. The van der Waals surface area contributed by atoms with Gasteiger partial charge in [0, 0.05) is 17.4 Å². The number of fused-ring (bicyclic) bond motifs is 1. The summed E-state index contributed by atoms with van der Waals surface area (Å²) in [7, 11) is 0. The van der Waals surface area contributed by atoms with Gasteiger partial charge in [-0.2, -0.15) is 0 Å². The molecule has 5 heteroatoms. The van der Waals surface area contributed by atoms with Crippen molar-refractivity contribution in [2.45, 2.75) is 26.8 Å². The van der Waals surface area contributed by atoms with Crippen molar-refractivity contribution in [1.29, 1.82) is 0 Å². The zero-order valence-electron chi connectivity index (χ0n) is 14.2. The molecule has 24 heavy (non-hydrogen) atoms. The van der Waals surface area contributed by atoms with Gasteiger partial charge in [0.1, 0.15) is 19.3 Å². The summed E-state index contributed by atoms with van der Waals surface area (Å²) >= 11 is 0. The monoisotopic (exact) mass is 326 g/mol. The van der Waals surface area contributed by atoms with E-state index in [1.165, 1.54) is 5.56 Å². The predicted octanol–water partition coefficient (Wildman–Crippen LogP) is 3.51. The fraction of sp³-hybridized carbons (Fsp3) is 0.316. The molecule has 0 fully saturated rings. The fourth-order valence-electron chi connectivity index (χ4n) is 2.58. The van der Waals surface area contributed by atoms with Crippen molar-refractivity contribution in [2.24, 2.45) is 0 Å². The molecule has 126 valence electrons. The lowest BCUT2D eigenvalue weighted by atomic mass is 10.1. The van der Waals surface area contributed by atoms with Gasteiger partial charge in [-0.1, -0.05) is 12.1 Å². The smallest absolute Gasteiger partial charge is 0.246 e. The molecule has 3 rings (SSSR count). The van der Waals surface area contributed by atoms with Gasteiger partial charge < -0.3 is 20.1 Å². The van der Waals surface area contributed by atoms with Crippen LogP contribution in [0.1, 0.15) is 18.1 Å². The van der Waals surface area contributed by atoms with Gasteiger partial charge in [0.25, 0.3) is 0 Å². The molecule has 1 heterocycles. The Morgan fingerprint density at radius 2 is 1.83 bits per heavy atom. The summed E-state index contributed by atoms with van der Waals surface area (Å²) in [6.45, 7) is 7.02. The van der Waals surface area contributed by atoms with Gasteiger partial charge >= 0.3 is 0 Å². The summed E-state index contributed by atoms with van der Waals surface area (Å²) in [4.78, 5) is 12.4. The van der Waals surface area contributed by atoms with Gasteiger partial charge in [0.15, 0.2) is 11.5 Å². The Bertz CT molecular complexity index is 758. The Balaban J connectivity index is 1.67. The summed E-state index contributed by atoms with van der Waals surface area (Å²) in [6.07, 6.45) is 0. The quantitative estimate of drug-likeness (QED) is 0.902. The highest BCUT2D eigenvalue weighted by Crippen LogP contribution is 2.32. The first-order chi connectivity index (χ1) is 11.5. The van der Waals surface area contributed by atoms with Crippen LogP contribution >= 0.6 is 0 Å². The van der Waals surface area contributed by atoms with Crippen LogP contribution in [0.5, 0.6) is 11.5 Å². The number of hydrogen-bond donors (Lipinski definition) is 2. The Labute approximate surface area is 142 Å². The van der Waals surface area contributed by atoms with E-state index in [2.05, 4.69) is 23.6 Å². The maximum absolute atomic E-state index is 12.4. The Kier molecular flexibility index (Phi) is 4.60. The van der Waals surface area contributed by atoms with Crippen molar-refractivity contribution in [2.75, 3.05) is 23.8 Å². The van der Waals surface area contributed by atoms with Crippen molar-refractivity contribution in [3.05, 3.63) is 47.5 Å². The first-order valence-corrected chi connectivity index (χ1v) is 8.08. The number of carbonyl (C=O) groups is 1. The number of aryl methyl sites for hydroxylation is 1. The van der Waals surface area contributed by atoms with Gasteiger partial charge in [-0.3, -0.25) is 4.79 Å². The van der Waals surface area contributed by atoms with Crippen LogP contribution in [0.4, 0.5) is 11.4 Å². The van der Waals surface area contributed by atoms with E-state index >= 15 is 0 Å². The van der Waals surface area contributed by atoms with Crippen LogP contribution in [0.2, 0.25) is 0 Å². The van der Waals surface area contributed by atoms with Crippen molar-refractivity contribution in [3.8, 4) is 11.5 Å². The normalized spacial score (nSPS) is 14.0. The molecule has 5 nitrogen and oxygen atoms in total. The second-order valence-corrected chi connectivity index (χ2v) is 5.96. The van der Waals surface area contributed by atoms with E-state index in [9.17, 15) is 4.79 Å². The summed E-state index contributed by atoms with van der Waals surface area (Å²) in [5.41, 5.74) is 4.01. The Hall–Kier alpha value is -2.69. The van der Waals surface area contributed by atoms with Crippen molar-refractivity contribution in [1.82, 2.24) is 0 Å². The third kappa shape index (κ3) is 3.45. The number of anilines is 2. The van der Waals surface area contributed by atoms with Crippen LogP contribution in [-0.4, -0.2) is 25.2 Å². The lowest BCUT2D eigenvalue weighted by Gasteiger charge is -2.20. The predicted molar refractivity (Wildman–Crippen MR) is 95.1 cm³/mol. The maximum Gasteiger partial charge on any atom is 0.246 e. The molecule has 0 aliphatic carbocycles. The molecule has 0 spiro atoms. The van der Waals surface area contributed by atoms with Crippen LogP contribution in [0.15, 0.2) is 36.4 Å². The van der Waals surface area contributed by atoms with Crippen molar-refractivity contribution >= 4 is 17.3 Å². The van der Waals surface area contributed by atoms with E-state index in [4.69, 9.17) is 9.47 Å². The zero-order valence-corrected chi connectivity index (χ0v) is 14.2. The van der Waals surface area contributed by atoms with E-state index in [1.807, 2.05) is 38.1 Å². The maximum atomic E-state index is 12.4. The molecular weight excluding hydrogens is 304 g/mol. The molecule has 1 aliphatic rings. The van der Waals surface area contributed by atoms with Crippen LogP contribution in [0.25, 0.3) is 0 Å². The largest absolute Gasteiger partial charge is 0.486 e. The van der Waals surface area contributed by atoms with Crippen LogP contribution in [0.3, 0.4) is 0 Å². The fourth-order valence-corrected chi connectivity index (χ4v) is 2.58. The van der Waals surface area contributed by atoms with Gasteiger partial charge in [0.2, 0.25) is 5.91 Å². The summed E-state index contributed by atoms with van der Waals surface area (Å²) in [5.74, 6) is 1.27. The van der Waals surface area contributed by atoms with Gasteiger partial charge in [0.05, 0.1) is 0 Å². The van der Waals surface area contributed by atoms with E-state index in [1.54, 1.807) is 6.07 Å². The second-order valence-electron chi connectivity index (χ2n) is 5.96. The number of benzene rings is 2.